The van der Waals surface area contributed by atoms with Crippen LogP contribution in [0.3, 0.4) is 0 Å². The van der Waals surface area contributed by atoms with Gasteiger partial charge in [-0.15, -0.1) is 0 Å². The van der Waals surface area contributed by atoms with E-state index in [-0.39, 0.29) is 18.2 Å². The second-order valence-corrected chi connectivity index (χ2v) is 10.3. The van der Waals surface area contributed by atoms with E-state index in [9.17, 15) is 23.9 Å². The van der Waals surface area contributed by atoms with Crippen molar-refractivity contribution < 1.29 is 33.4 Å². The number of ether oxygens (including phenoxy) is 2. The van der Waals surface area contributed by atoms with Gasteiger partial charge in [0, 0.05) is 23.8 Å². The number of fused-ring (bicyclic) bond motifs is 4. The number of nitrogens with one attached hydrogen (secondary N) is 2. The molecular weight excluding hydrogens is 517 g/mol. The lowest BCUT2D eigenvalue weighted by Gasteiger charge is -2.29. The molecule has 3 aromatic carbocycles. The maximum absolute atomic E-state index is 14.5. The Kier molecular flexibility index (Phi) is 6.22. The normalized spacial score (nSPS) is 24.8. The summed E-state index contributed by atoms with van der Waals surface area (Å²) < 4.78 is 25.1. The number of imide groups is 1. The molecule has 4 atom stereocenters. The Morgan fingerprint density at radius 3 is 2.38 bits per heavy atom. The minimum Gasteiger partial charge on any atom is -0.508 e. The van der Waals surface area contributed by atoms with Crippen LogP contribution in [0.15, 0.2) is 60.7 Å². The van der Waals surface area contributed by atoms with Crippen LogP contribution >= 0.6 is 0 Å². The topological polar surface area (TPSA) is 117 Å². The highest BCUT2D eigenvalue weighted by Crippen LogP contribution is 2.53. The van der Waals surface area contributed by atoms with Gasteiger partial charge in [0.2, 0.25) is 17.7 Å². The van der Waals surface area contributed by atoms with Gasteiger partial charge in [0.25, 0.3) is 0 Å². The third-order valence-electron chi connectivity index (χ3n) is 8.23. The molecule has 3 N–H and O–H groups in total. The first kappa shape index (κ1) is 25.8. The fourth-order valence-electron chi connectivity index (χ4n) is 6.39. The first-order chi connectivity index (χ1) is 19.3. The number of aromatic hydroxyl groups is 1. The van der Waals surface area contributed by atoms with E-state index >= 15 is 0 Å². The van der Waals surface area contributed by atoms with Crippen molar-refractivity contribution in [2.45, 2.75) is 24.4 Å². The zero-order valence-electron chi connectivity index (χ0n) is 21.9. The van der Waals surface area contributed by atoms with E-state index in [1.165, 1.54) is 30.2 Å². The lowest BCUT2D eigenvalue weighted by atomic mass is 9.76. The van der Waals surface area contributed by atoms with Gasteiger partial charge in [0.15, 0.2) is 11.5 Å². The third kappa shape index (κ3) is 3.90. The number of carbonyl (C=O) groups is 3. The summed E-state index contributed by atoms with van der Waals surface area (Å²) in [4.78, 5) is 42.7. The molecular formula is C30H28FN3O6. The van der Waals surface area contributed by atoms with Crippen LogP contribution in [0.5, 0.6) is 17.2 Å². The molecule has 9 nitrogen and oxygen atoms in total. The molecule has 0 aliphatic carbocycles. The fourth-order valence-corrected chi connectivity index (χ4v) is 6.39. The standard InChI is InChI=1S/C30H28FN3O6/c1-39-23-10-5-17(14-24(23)40-2)11-12-34-27(36)25-22(13-16-3-7-19(35)8-4-16)33-30(26(25)28(34)37)20-15-18(31)6-9-21(20)32-29(30)38/h3-10,14-15,22,25-26,33,35H,11-13H2,1-2H3,(H,32,38)/t22-,25+,26-,30+/m0/s1. The smallest absolute Gasteiger partial charge is 0.250 e. The third-order valence-corrected chi connectivity index (χ3v) is 8.23. The number of carbonyl (C=O) groups excluding carboxylic acids is 3. The number of halogens is 1. The summed E-state index contributed by atoms with van der Waals surface area (Å²) in [5, 5.41) is 15.8. The quantitative estimate of drug-likeness (QED) is 0.391. The molecule has 0 unspecified atom stereocenters. The van der Waals surface area contributed by atoms with Crippen LogP contribution in [0, 0.1) is 17.7 Å². The molecule has 3 heterocycles. The average molecular weight is 546 g/mol. The average Bonchev–Trinajstić information content (AvgIpc) is 3.52. The molecule has 40 heavy (non-hydrogen) atoms. The van der Waals surface area contributed by atoms with Crippen molar-refractivity contribution in [2.75, 3.05) is 26.1 Å². The maximum atomic E-state index is 14.5. The molecule has 3 amide bonds. The van der Waals surface area contributed by atoms with Crippen molar-refractivity contribution in [3.8, 4) is 17.2 Å². The summed E-state index contributed by atoms with van der Waals surface area (Å²) in [6.45, 7) is 0.111. The highest BCUT2D eigenvalue weighted by atomic mass is 19.1. The molecule has 1 spiro atoms. The number of methoxy groups -OCH3 is 2. The van der Waals surface area contributed by atoms with E-state index in [2.05, 4.69) is 10.6 Å². The number of amides is 3. The number of phenols is 1. The number of rotatable bonds is 7. The van der Waals surface area contributed by atoms with Crippen LogP contribution in [0.2, 0.25) is 0 Å². The summed E-state index contributed by atoms with van der Waals surface area (Å²) >= 11 is 0. The van der Waals surface area contributed by atoms with Crippen LogP contribution in [0.1, 0.15) is 16.7 Å². The van der Waals surface area contributed by atoms with Gasteiger partial charge in [-0.1, -0.05) is 18.2 Å². The van der Waals surface area contributed by atoms with E-state index in [1.54, 1.807) is 43.5 Å². The van der Waals surface area contributed by atoms with Crippen molar-refractivity contribution in [2.24, 2.45) is 11.8 Å². The van der Waals surface area contributed by atoms with Crippen LogP contribution in [0.25, 0.3) is 0 Å². The Bertz CT molecular complexity index is 1530. The molecule has 0 radical (unpaired) electrons. The number of benzene rings is 3. The molecule has 0 bridgehead atoms. The highest BCUT2D eigenvalue weighted by Gasteiger charge is 2.70. The Morgan fingerprint density at radius 1 is 0.925 bits per heavy atom. The van der Waals surface area contributed by atoms with E-state index in [0.29, 0.717) is 35.6 Å². The van der Waals surface area contributed by atoms with Gasteiger partial charge in [0.05, 0.1) is 26.1 Å². The molecule has 6 rings (SSSR count). The van der Waals surface area contributed by atoms with Gasteiger partial charge in [-0.05, 0) is 66.4 Å². The van der Waals surface area contributed by atoms with Crippen LogP contribution in [-0.4, -0.2) is 54.5 Å². The molecule has 0 saturated carbocycles. The Hall–Kier alpha value is -4.44. The predicted octanol–water partition coefficient (Wildman–Crippen LogP) is 2.75. The Labute approximate surface area is 229 Å². The maximum Gasteiger partial charge on any atom is 0.250 e. The van der Waals surface area contributed by atoms with Gasteiger partial charge in [-0.25, -0.2) is 4.39 Å². The molecule has 3 aliphatic rings. The van der Waals surface area contributed by atoms with Crippen molar-refractivity contribution in [3.63, 3.8) is 0 Å². The van der Waals surface area contributed by atoms with Gasteiger partial charge in [-0.2, -0.15) is 0 Å². The van der Waals surface area contributed by atoms with Crippen molar-refractivity contribution in [3.05, 3.63) is 83.2 Å². The SMILES string of the molecule is COc1ccc(CCN2C(=O)[C@@H]3[C@H](Cc4ccc(O)cc4)N[C@@]4(C(=O)Nc5ccc(F)cc54)[C@@H]3C2=O)cc1OC. The summed E-state index contributed by atoms with van der Waals surface area (Å²) in [6.07, 6.45) is 0.696. The van der Waals surface area contributed by atoms with Crippen molar-refractivity contribution in [1.29, 1.82) is 0 Å². The predicted molar refractivity (Wildman–Crippen MR) is 142 cm³/mol. The number of anilines is 1. The van der Waals surface area contributed by atoms with Crippen molar-refractivity contribution >= 4 is 23.4 Å². The van der Waals surface area contributed by atoms with E-state index < -0.39 is 41.0 Å². The van der Waals surface area contributed by atoms with Gasteiger partial charge < -0.3 is 19.9 Å². The molecule has 0 aromatic heterocycles. The van der Waals surface area contributed by atoms with Crippen LogP contribution in [-0.2, 0) is 32.8 Å². The minimum atomic E-state index is -1.59. The van der Waals surface area contributed by atoms with Crippen molar-refractivity contribution in [1.82, 2.24) is 10.2 Å². The largest absolute Gasteiger partial charge is 0.508 e. The lowest BCUT2D eigenvalue weighted by Crippen LogP contribution is -2.53. The first-order valence-corrected chi connectivity index (χ1v) is 13.0. The summed E-state index contributed by atoms with van der Waals surface area (Å²) in [5.74, 6) is -2.56. The molecule has 3 aromatic rings. The number of likely N-dealkylation sites (tertiary alicyclic amines) is 1. The van der Waals surface area contributed by atoms with Gasteiger partial charge in [-0.3, -0.25) is 24.6 Å². The summed E-state index contributed by atoms with van der Waals surface area (Å²) in [7, 11) is 3.07. The zero-order chi connectivity index (χ0) is 28.2. The van der Waals surface area contributed by atoms with E-state index in [4.69, 9.17) is 9.47 Å². The zero-order valence-corrected chi connectivity index (χ0v) is 21.9. The Balaban J connectivity index is 1.36. The van der Waals surface area contributed by atoms with Crippen LogP contribution in [0.4, 0.5) is 10.1 Å². The van der Waals surface area contributed by atoms with Gasteiger partial charge >= 0.3 is 0 Å². The van der Waals surface area contributed by atoms with Gasteiger partial charge in [0.1, 0.15) is 17.1 Å². The van der Waals surface area contributed by atoms with E-state index in [0.717, 1.165) is 11.1 Å². The molecule has 10 heteroatoms. The van der Waals surface area contributed by atoms with Crippen LogP contribution < -0.4 is 20.1 Å². The molecule has 2 fully saturated rings. The molecule has 2 saturated heterocycles. The summed E-state index contributed by atoms with van der Waals surface area (Å²) in [5.41, 5.74) is 0.799. The minimum absolute atomic E-state index is 0.102. The van der Waals surface area contributed by atoms with E-state index in [1.807, 2.05) is 6.07 Å². The first-order valence-electron chi connectivity index (χ1n) is 13.0. The Morgan fingerprint density at radius 2 is 1.65 bits per heavy atom. The monoisotopic (exact) mass is 545 g/mol. The number of phenolic OH excluding ortho intramolecular Hbond substituents is 1. The summed E-state index contributed by atoms with van der Waals surface area (Å²) in [6, 6.07) is 15.3. The fraction of sp³-hybridized carbons (Fsp3) is 0.300. The molecule has 3 aliphatic heterocycles. The number of hydrogen-bond acceptors (Lipinski definition) is 7. The second kappa shape index (κ2) is 9.63. The molecule has 206 valence electrons. The lowest BCUT2D eigenvalue weighted by molar-refractivity contribution is -0.142. The number of hydrogen-bond donors (Lipinski definition) is 3. The second-order valence-electron chi connectivity index (χ2n) is 10.3. The number of nitrogens with zero attached hydrogens (tertiary/aromatic N) is 1. The highest BCUT2D eigenvalue weighted by molar-refractivity contribution is 6.15.